The van der Waals surface area contributed by atoms with Crippen molar-refractivity contribution in [3.63, 3.8) is 0 Å². The van der Waals surface area contributed by atoms with E-state index < -0.39 is 4.92 Å². The zero-order chi connectivity index (χ0) is 19.4. The molecule has 1 fully saturated rings. The standard InChI is InChI=1S/C17H20ClN5O3S/c18-12-7-6-11(8-13(12)23(25)26)21-17-14(16(24)22-27-17)15(19)20-9-10-4-2-1-3-5-10/h6-8,10,21H,1-5,9H2,(H2,19,20)(H,22,24). The number of aromatic nitrogens is 1. The number of hydrogen-bond acceptors (Lipinski definition) is 7. The van der Waals surface area contributed by atoms with E-state index in [4.69, 9.17) is 17.0 Å². The van der Waals surface area contributed by atoms with E-state index in [0.717, 1.165) is 24.4 Å². The molecule has 1 aliphatic rings. The second kappa shape index (κ2) is 8.53. The summed E-state index contributed by atoms with van der Waals surface area (Å²) >= 11 is 6.82. The van der Waals surface area contributed by atoms with Gasteiger partial charge in [0.15, 0.2) is 0 Å². The van der Waals surface area contributed by atoms with E-state index in [-0.39, 0.29) is 28.0 Å². The van der Waals surface area contributed by atoms with Crippen LogP contribution in [0.5, 0.6) is 5.88 Å². The summed E-state index contributed by atoms with van der Waals surface area (Å²) in [5.74, 6) is 0.369. The number of aromatic hydroxyl groups is 1. The molecular formula is C17H20ClN5O3S. The molecule has 4 N–H and O–H groups in total. The van der Waals surface area contributed by atoms with E-state index in [9.17, 15) is 15.2 Å². The molecule has 3 rings (SSSR count). The molecule has 1 heterocycles. The van der Waals surface area contributed by atoms with Gasteiger partial charge < -0.3 is 15.7 Å². The van der Waals surface area contributed by atoms with E-state index in [0.29, 0.717) is 23.2 Å². The number of nitrogens with one attached hydrogen (secondary N) is 3. The highest BCUT2D eigenvalue weighted by Gasteiger charge is 2.21. The first-order chi connectivity index (χ1) is 13.0. The smallest absolute Gasteiger partial charge is 0.289 e. The van der Waals surface area contributed by atoms with Crippen molar-refractivity contribution >= 4 is 45.3 Å². The van der Waals surface area contributed by atoms with Gasteiger partial charge in [0.25, 0.3) is 5.69 Å². The fourth-order valence-electron chi connectivity index (χ4n) is 3.18. The number of rotatable bonds is 6. The van der Waals surface area contributed by atoms with Gasteiger partial charge in [-0.25, -0.2) is 0 Å². The number of nitrogens with zero attached hydrogens (tertiary/aromatic N) is 2. The fourth-order valence-corrected chi connectivity index (χ4v) is 4.08. The summed E-state index contributed by atoms with van der Waals surface area (Å²) in [6.45, 7) is 0.681. The molecule has 0 aliphatic heterocycles. The van der Waals surface area contributed by atoms with Crippen molar-refractivity contribution in [2.24, 2.45) is 5.92 Å². The molecule has 1 aromatic carbocycles. The highest BCUT2D eigenvalue weighted by atomic mass is 35.5. The van der Waals surface area contributed by atoms with Crippen molar-refractivity contribution in [1.29, 1.82) is 5.41 Å². The number of nitro groups is 1. The molecule has 27 heavy (non-hydrogen) atoms. The van der Waals surface area contributed by atoms with Crippen LogP contribution in [0.3, 0.4) is 0 Å². The molecule has 1 aliphatic carbocycles. The van der Waals surface area contributed by atoms with Crippen LogP contribution in [0.2, 0.25) is 5.02 Å². The molecule has 1 saturated carbocycles. The lowest BCUT2D eigenvalue weighted by molar-refractivity contribution is -0.384. The van der Waals surface area contributed by atoms with Gasteiger partial charge in [-0.15, -0.1) is 0 Å². The van der Waals surface area contributed by atoms with Gasteiger partial charge in [-0.05, 0) is 42.4 Å². The summed E-state index contributed by atoms with van der Waals surface area (Å²) in [7, 11) is 0. The normalized spacial score (nSPS) is 14.7. The summed E-state index contributed by atoms with van der Waals surface area (Å²) in [4.78, 5) is 10.5. The van der Waals surface area contributed by atoms with E-state index in [1.165, 1.54) is 31.4 Å². The Bertz CT molecular complexity index is 851. The Morgan fingerprint density at radius 3 is 2.85 bits per heavy atom. The molecular weight excluding hydrogens is 390 g/mol. The Morgan fingerprint density at radius 2 is 2.15 bits per heavy atom. The molecule has 144 valence electrons. The largest absolute Gasteiger partial charge is 0.492 e. The average Bonchev–Trinajstić information content (AvgIpc) is 3.02. The van der Waals surface area contributed by atoms with Crippen molar-refractivity contribution < 1.29 is 10.0 Å². The fraction of sp³-hybridized carbons (Fsp3) is 0.412. The molecule has 0 radical (unpaired) electrons. The minimum Gasteiger partial charge on any atom is -0.492 e. The first-order valence-electron chi connectivity index (χ1n) is 8.68. The van der Waals surface area contributed by atoms with Gasteiger partial charge in [-0.3, -0.25) is 15.5 Å². The molecule has 1 aromatic heterocycles. The first kappa shape index (κ1) is 19.4. The summed E-state index contributed by atoms with van der Waals surface area (Å²) < 4.78 is 3.90. The minimum absolute atomic E-state index is 0.0415. The second-order valence-corrected chi connectivity index (χ2v) is 7.70. The highest BCUT2D eigenvalue weighted by molar-refractivity contribution is 7.11. The van der Waals surface area contributed by atoms with E-state index in [1.54, 1.807) is 6.07 Å². The topological polar surface area (TPSA) is 124 Å². The summed E-state index contributed by atoms with van der Waals surface area (Å²) in [5.41, 5.74) is 0.465. The molecule has 2 aromatic rings. The van der Waals surface area contributed by atoms with Gasteiger partial charge in [0.05, 0.1) is 4.92 Å². The van der Waals surface area contributed by atoms with Crippen LogP contribution in [0.25, 0.3) is 0 Å². The monoisotopic (exact) mass is 409 g/mol. The van der Waals surface area contributed by atoms with Crippen LogP contribution >= 0.6 is 23.1 Å². The van der Waals surface area contributed by atoms with Crippen molar-refractivity contribution in [2.45, 2.75) is 32.1 Å². The second-order valence-electron chi connectivity index (χ2n) is 6.52. The lowest BCUT2D eigenvalue weighted by Gasteiger charge is -2.22. The highest BCUT2D eigenvalue weighted by Crippen LogP contribution is 2.34. The molecule has 10 heteroatoms. The Labute approximate surface area is 165 Å². The molecule has 0 spiro atoms. The summed E-state index contributed by atoms with van der Waals surface area (Å²) in [5, 5.41) is 35.9. The summed E-state index contributed by atoms with van der Waals surface area (Å²) in [6.07, 6.45) is 5.99. The molecule has 0 bridgehead atoms. The Kier molecular flexibility index (Phi) is 6.12. The van der Waals surface area contributed by atoms with Crippen LogP contribution in [0.4, 0.5) is 16.4 Å². The number of halogens is 1. The quantitative estimate of drug-likeness (QED) is 0.238. The van der Waals surface area contributed by atoms with E-state index in [2.05, 4.69) is 15.0 Å². The number of hydrogen-bond donors (Lipinski definition) is 4. The first-order valence-corrected chi connectivity index (χ1v) is 9.83. The van der Waals surface area contributed by atoms with Crippen LogP contribution in [0.15, 0.2) is 18.2 Å². The number of amidine groups is 1. The minimum atomic E-state index is -0.563. The molecule has 0 atom stereocenters. The zero-order valence-corrected chi connectivity index (χ0v) is 16.1. The maximum atomic E-state index is 11.0. The van der Waals surface area contributed by atoms with Gasteiger partial charge >= 0.3 is 0 Å². The molecule has 8 nitrogen and oxygen atoms in total. The van der Waals surface area contributed by atoms with E-state index >= 15 is 0 Å². The zero-order valence-electron chi connectivity index (χ0n) is 14.5. The summed E-state index contributed by atoms with van der Waals surface area (Å²) in [6, 6.07) is 4.33. The van der Waals surface area contributed by atoms with Crippen molar-refractivity contribution in [2.75, 3.05) is 11.9 Å². The number of nitro benzene ring substituents is 1. The maximum absolute atomic E-state index is 11.0. The van der Waals surface area contributed by atoms with Gasteiger partial charge in [-0.2, -0.15) is 4.37 Å². The van der Waals surface area contributed by atoms with Crippen LogP contribution < -0.4 is 10.6 Å². The lowest BCUT2D eigenvalue weighted by atomic mass is 9.89. The van der Waals surface area contributed by atoms with Gasteiger partial charge in [0.2, 0.25) is 5.88 Å². The molecule has 0 saturated heterocycles. The van der Waals surface area contributed by atoms with Gasteiger partial charge in [0.1, 0.15) is 21.4 Å². The lowest BCUT2D eigenvalue weighted by Crippen LogP contribution is -2.30. The van der Waals surface area contributed by atoms with Crippen LogP contribution in [-0.4, -0.2) is 26.8 Å². The molecule has 0 unspecified atom stereocenters. The van der Waals surface area contributed by atoms with Crippen LogP contribution in [-0.2, 0) is 0 Å². The maximum Gasteiger partial charge on any atom is 0.289 e. The Balaban J connectivity index is 1.73. The van der Waals surface area contributed by atoms with Crippen LogP contribution in [0, 0.1) is 21.4 Å². The Morgan fingerprint density at radius 1 is 1.41 bits per heavy atom. The number of anilines is 2. The van der Waals surface area contributed by atoms with Crippen molar-refractivity contribution in [3.8, 4) is 5.88 Å². The van der Waals surface area contributed by atoms with Crippen molar-refractivity contribution in [3.05, 3.63) is 38.9 Å². The number of benzene rings is 1. The average molecular weight is 410 g/mol. The van der Waals surface area contributed by atoms with Gasteiger partial charge in [-0.1, -0.05) is 30.9 Å². The Hall–Kier alpha value is -2.39. The predicted octanol–water partition coefficient (Wildman–Crippen LogP) is 4.65. The third kappa shape index (κ3) is 4.67. The third-order valence-corrected chi connectivity index (χ3v) is 5.69. The predicted molar refractivity (Wildman–Crippen MR) is 107 cm³/mol. The van der Waals surface area contributed by atoms with Gasteiger partial charge in [0, 0.05) is 18.3 Å². The third-order valence-electron chi connectivity index (χ3n) is 4.62. The SMILES string of the molecule is N=C(NCC1CCCCC1)c1c(O)nsc1Nc1ccc(Cl)c([N+](=O)[O-])c1. The molecule has 0 amide bonds. The van der Waals surface area contributed by atoms with E-state index in [1.807, 2.05) is 0 Å². The van der Waals surface area contributed by atoms with Crippen molar-refractivity contribution in [1.82, 2.24) is 9.69 Å². The van der Waals surface area contributed by atoms with Crippen LogP contribution in [0.1, 0.15) is 37.7 Å².